The Hall–Kier alpha value is -5.58. The average molecular weight is 743 g/mol. The second-order valence-corrected chi connectivity index (χ2v) is 15.4. The number of para-hydroxylation sites is 2. The minimum absolute atomic E-state index is 0.692. The first-order valence-electron chi connectivity index (χ1n) is 17.9. The molecule has 0 unspecified atom stereocenters. The smallest absolute Gasteiger partial charge is 0.190 e. The minimum atomic E-state index is 0.692. The highest BCUT2D eigenvalue weighted by atomic mass is 32.2. The highest BCUT2D eigenvalue weighted by molar-refractivity contribution is 7.98. The molecule has 4 heterocycles. The van der Waals surface area contributed by atoms with Crippen molar-refractivity contribution in [1.29, 1.82) is 0 Å². The normalized spacial score (nSPS) is 11.9. The van der Waals surface area contributed by atoms with E-state index in [4.69, 9.17) is 9.97 Å². The summed E-state index contributed by atoms with van der Waals surface area (Å²) in [7, 11) is 0. The van der Waals surface area contributed by atoms with E-state index in [9.17, 15) is 0 Å². The zero-order chi connectivity index (χ0) is 37.4. The van der Waals surface area contributed by atoms with Crippen LogP contribution in [0.2, 0.25) is 0 Å². The van der Waals surface area contributed by atoms with E-state index in [1.54, 1.807) is 12.7 Å². The summed E-state index contributed by atoms with van der Waals surface area (Å²) in [5, 5.41) is 6.23. The van der Waals surface area contributed by atoms with Crippen LogP contribution < -0.4 is 0 Å². The van der Waals surface area contributed by atoms with Crippen LogP contribution >= 0.6 is 23.5 Å². The molecule has 0 atom stereocenters. The molecule has 0 saturated heterocycles. The van der Waals surface area contributed by atoms with E-state index < -0.39 is 0 Å². The van der Waals surface area contributed by atoms with Gasteiger partial charge in [-0.2, -0.15) is 0 Å². The maximum atomic E-state index is 4.86. The van der Waals surface area contributed by atoms with Crippen LogP contribution in [0.1, 0.15) is 33.4 Å². The van der Waals surface area contributed by atoms with Crippen LogP contribution in [0.25, 0.3) is 77.8 Å². The Morgan fingerprint density at radius 1 is 0.481 bits per heavy atom. The number of benzene rings is 5. The molecule has 10 heteroatoms. The van der Waals surface area contributed by atoms with Gasteiger partial charge in [-0.3, -0.25) is 0 Å². The van der Waals surface area contributed by atoms with Crippen molar-refractivity contribution in [3.8, 4) is 34.2 Å². The maximum Gasteiger partial charge on any atom is 0.190 e. The van der Waals surface area contributed by atoms with Gasteiger partial charge in [-0.05, 0) is 106 Å². The predicted molar refractivity (Wildman–Crippen MR) is 225 cm³/mol. The van der Waals surface area contributed by atoms with Crippen LogP contribution in [0.15, 0.2) is 95.8 Å². The number of hydrogen-bond acceptors (Lipinski definition) is 8. The van der Waals surface area contributed by atoms with Crippen molar-refractivity contribution in [2.45, 2.75) is 51.9 Å². The van der Waals surface area contributed by atoms with Gasteiger partial charge >= 0.3 is 0 Å². The van der Waals surface area contributed by atoms with Crippen LogP contribution in [0.4, 0.5) is 0 Å². The molecule has 0 aliphatic rings. The predicted octanol–water partition coefficient (Wildman–Crippen LogP) is 10.9. The number of thioether (sulfide) groups is 2. The molecule has 5 aromatic carbocycles. The summed E-state index contributed by atoms with van der Waals surface area (Å²) < 4.78 is 4.94. The second kappa shape index (κ2) is 13.1. The molecule has 0 amide bonds. The molecular weight excluding hydrogens is 705 g/mol. The van der Waals surface area contributed by atoms with Gasteiger partial charge < -0.3 is 9.13 Å². The molecule has 0 fully saturated rings. The quantitative estimate of drug-likeness (QED) is 0.156. The Morgan fingerprint density at radius 3 is 1.54 bits per heavy atom. The van der Waals surface area contributed by atoms with Gasteiger partial charge in [0.25, 0.3) is 0 Å². The summed E-state index contributed by atoms with van der Waals surface area (Å²) in [5.41, 5.74) is 15.9. The zero-order valence-corrected chi connectivity index (χ0v) is 33.1. The Kier molecular flexibility index (Phi) is 8.28. The van der Waals surface area contributed by atoms with Crippen LogP contribution in [-0.4, -0.2) is 51.5 Å². The molecule has 8 nitrogen and oxygen atoms in total. The van der Waals surface area contributed by atoms with Crippen molar-refractivity contribution in [3.05, 3.63) is 119 Å². The Bertz CT molecular complexity index is 3000. The first-order chi connectivity index (χ1) is 26.2. The Labute approximate surface area is 322 Å². The van der Waals surface area contributed by atoms with Crippen molar-refractivity contribution < 1.29 is 0 Å². The molecule has 0 saturated carbocycles. The van der Waals surface area contributed by atoms with E-state index in [2.05, 4.69) is 143 Å². The van der Waals surface area contributed by atoms with Crippen LogP contribution in [-0.2, 0) is 0 Å². The average Bonchev–Trinajstić information content (AvgIpc) is 3.68. The molecule has 9 rings (SSSR count). The number of aromatic nitrogens is 8. The molecule has 0 bridgehead atoms. The lowest BCUT2D eigenvalue weighted by molar-refractivity contribution is 0.910. The topological polar surface area (TPSA) is 87.2 Å². The SMILES string of the molecule is CSc1ncnc(-c2c(C)cc(C)c(-n3c4ccccc4c4c3ccc3c5ccccc5n(-c5c(C)cc(C)c(-c6ncnc(SC)n6)c5C)c34)c2C)n1. The van der Waals surface area contributed by atoms with Crippen molar-refractivity contribution >= 4 is 67.1 Å². The molecular formula is C44H38N8S2. The van der Waals surface area contributed by atoms with Gasteiger partial charge in [-0.1, -0.05) is 78.1 Å². The zero-order valence-electron chi connectivity index (χ0n) is 31.5. The van der Waals surface area contributed by atoms with Gasteiger partial charge in [-0.25, -0.2) is 29.9 Å². The minimum Gasteiger partial charge on any atom is -0.309 e. The summed E-state index contributed by atoms with van der Waals surface area (Å²) in [4.78, 5) is 27.8. The van der Waals surface area contributed by atoms with Gasteiger partial charge in [0.15, 0.2) is 22.0 Å². The van der Waals surface area contributed by atoms with E-state index in [-0.39, 0.29) is 0 Å². The summed E-state index contributed by atoms with van der Waals surface area (Å²) in [6.45, 7) is 13.1. The van der Waals surface area contributed by atoms with Gasteiger partial charge in [0.1, 0.15) is 12.7 Å². The van der Waals surface area contributed by atoms with E-state index in [1.807, 2.05) is 12.5 Å². The highest BCUT2D eigenvalue weighted by Crippen LogP contribution is 2.45. The van der Waals surface area contributed by atoms with E-state index >= 15 is 0 Å². The summed E-state index contributed by atoms with van der Waals surface area (Å²) >= 11 is 3.05. The molecule has 266 valence electrons. The lowest BCUT2D eigenvalue weighted by Gasteiger charge is -2.20. The number of fused-ring (bicyclic) bond motifs is 7. The maximum absolute atomic E-state index is 4.86. The van der Waals surface area contributed by atoms with Crippen LogP contribution in [0.3, 0.4) is 0 Å². The fraction of sp³-hybridized carbons (Fsp3) is 0.182. The van der Waals surface area contributed by atoms with E-state index in [1.165, 1.54) is 61.7 Å². The Morgan fingerprint density at radius 2 is 0.981 bits per heavy atom. The number of hydrogen-bond donors (Lipinski definition) is 0. The third-order valence-electron chi connectivity index (χ3n) is 10.7. The van der Waals surface area contributed by atoms with Crippen molar-refractivity contribution in [1.82, 2.24) is 39.0 Å². The standard InChI is InChI=1S/C44H38N8S2/c1-23-19-25(3)38(27(5)35(23)41-45-21-47-43(49-41)53-7)51-33-16-12-10-14-31(33)37-34(51)18-17-30-29-13-9-11-15-32(29)52(40(30)37)39-26(4)20-24(2)36(28(39)6)42-46-22-48-44(50-42)54-8/h9-22H,1-8H3. The molecule has 0 N–H and O–H groups in total. The molecule has 0 spiro atoms. The van der Waals surface area contributed by atoms with Gasteiger partial charge in [0.2, 0.25) is 0 Å². The van der Waals surface area contributed by atoms with Crippen molar-refractivity contribution in [2.24, 2.45) is 0 Å². The molecule has 0 radical (unpaired) electrons. The Balaban J connectivity index is 1.42. The van der Waals surface area contributed by atoms with Crippen molar-refractivity contribution in [2.75, 3.05) is 12.5 Å². The molecule has 0 aliphatic carbocycles. The van der Waals surface area contributed by atoms with Gasteiger partial charge in [0.05, 0.1) is 33.4 Å². The largest absolute Gasteiger partial charge is 0.309 e. The highest BCUT2D eigenvalue weighted by Gasteiger charge is 2.26. The van der Waals surface area contributed by atoms with Crippen molar-refractivity contribution in [3.63, 3.8) is 0 Å². The van der Waals surface area contributed by atoms with Gasteiger partial charge in [0, 0.05) is 32.7 Å². The molecule has 9 aromatic rings. The second-order valence-electron chi connectivity index (χ2n) is 13.9. The molecule has 0 aliphatic heterocycles. The summed E-state index contributed by atoms with van der Waals surface area (Å²) in [6, 6.07) is 26.7. The number of nitrogens with zero attached hydrogens (tertiary/aromatic N) is 8. The fourth-order valence-electron chi connectivity index (χ4n) is 8.71. The molecule has 54 heavy (non-hydrogen) atoms. The third kappa shape index (κ3) is 5.07. The fourth-order valence-corrected chi connectivity index (χ4v) is 9.37. The lowest BCUT2D eigenvalue weighted by atomic mass is 9.96. The number of rotatable bonds is 6. The summed E-state index contributed by atoms with van der Waals surface area (Å²) in [5.74, 6) is 1.38. The third-order valence-corrected chi connectivity index (χ3v) is 11.8. The monoisotopic (exact) mass is 742 g/mol. The van der Waals surface area contributed by atoms with Crippen LogP contribution in [0.5, 0.6) is 0 Å². The van der Waals surface area contributed by atoms with Crippen LogP contribution in [0, 0.1) is 41.5 Å². The molecule has 4 aromatic heterocycles. The van der Waals surface area contributed by atoms with E-state index in [0.717, 1.165) is 61.3 Å². The van der Waals surface area contributed by atoms with Gasteiger partial charge in [-0.15, -0.1) is 0 Å². The summed E-state index contributed by atoms with van der Waals surface area (Å²) in [6.07, 6.45) is 7.22. The number of aryl methyl sites for hydroxylation is 4. The first kappa shape index (κ1) is 34.2. The lowest BCUT2D eigenvalue weighted by Crippen LogP contribution is -2.06. The van der Waals surface area contributed by atoms with E-state index in [0.29, 0.717) is 22.0 Å². The first-order valence-corrected chi connectivity index (χ1v) is 20.3.